The van der Waals surface area contributed by atoms with Crippen LogP contribution in [-0.4, -0.2) is 19.5 Å². The molecule has 8 rings (SSSR count). The molecule has 0 spiro atoms. The number of hydrogen-bond acceptors (Lipinski definition) is 4. The Morgan fingerprint density at radius 3 is 2.31 bits per heavy atom. The minimum atomic E-state index is 0. The molecule has 0 saturated heterocycles. The van der Waals surface area contributed by atoms with Crippen LogP contribution >= 0.6 is 24.0 Å². The highest BCUT2D eigenvalue weighted by Gasteiger charge is 2.19. The summed E-state index contributed by atoms with van der Waals surface area (Å²) in [6.07, 6.45) is 7.87. The third-order valence-electron chi connectivity index (χ3n) is 7.77. The molecule has 0 amide bonds. The van der Waals surface area contributed by atoms with Crippen LogP contribution in [0.5, 0.6) is 0 Å². The van der Waals surface area contributed by atoms with Crippen LogP contribution in [0.25, 0.3) is 67.3 Å². The first-order valence-corrected chi connectivity index (χ1v) is 13.7. The van der Waals surface area contributed by atoms with Crippen LogP contribution in [-0.2, 0) is 6.54 Å². The highest BCUT2D eigenvalue weighted by atomic mass is 127. The third-order valence-corrected chi connectivity index (χ3v) is 7.77. The van der Waals surface area contributed by atoms with E-state index in [1.54, 1.807) is 0 Å². The summed E-state index contributed by atoms with van der Waals surface area (Å²) in [6, 6.07) is 37.9. The number of hydrogen-bond donors (Lipinski definition) is 1. The van der Waals surface area contributed by atoms with E-state index in [1.165, 1.54) is 27.4 Å². The quantitative estimate of drug-likeness (QED) is 0.193. The van der Waals surface area contributed by atoms with Gasteiger partial charge in [-0.3, -0.25) is 9.55 Å². The van der Waals surface area contributed by atoms with Crippen molar-refractivity contribution in [1.29, 1.82) is 0 Å². The van der Waals surface area contributed by atoms with E-state index in [-0.39, 0.29) is 24.0 Å². The summed E-state index contributed by atoms with van der Waals surface area (Å²) in [7, 11) is 0. The molecule has 7 aromatic rings. The summed E-state index contributed by atoms with van der Waals surface area (Å²) < 4.78 is 2.24. The predicted octanol–water partition coefficient (Wildman–Crippen LogP) is 8.66. The number of pyridine rings is 3. The molecule has 0 saturated carbocycles. The van der Waals surface area contributed by atoms with Gasteiger partial charge in [0.1, 0.15) is 5.82 Å². The van der Waals surface area contributed by atoms with Gasteiger partial charge in [-0.05, 0) is 82.7 Å². The van der Waals surface area contributed by atoms with Crippen LogP contribution in [0.3, 0.4) is 0 Å². The Labute approximate surface area is 260 Å². The van der Waals surface area contributed by atoms with E-state index in [4.69, 9.17) is 9.97 Å². The van der Waals surface area contributed by atoms with Crippen molar-refractivity contribution < 1.29 is 0 Å². The van der Waals surface area contributed by atoms with Crippen LogP contribution in [0.15, 0.2) is 128 Å². The van der Waals surface area contributed by atoms with Crippen molar-refractivity contribution >= 4 is 51.7 Å². The van der Waals surface area contributed by atoms with Gasteiger partial charge in [-0.25, -0.2) is 9.97 Å². The average Bonchev–Trinajstić information content (AvgIpc) is 3.39. The molecule has 1 aliphatic heterocycles. The molecule has 0 radical (unpaired) electrons. The maximum Gasteiger partial charge on any atom is 0.137 e. The van der Waals surface area contributed by atoms with Crippen LogP contribution in [0.2, 0.25) is 0 Å². The SMILES string of the molecule is C1=Cc2c(c3ccccc3n2-c2ccc(-c3cc(-c4ccc5ccccc5c4)cc(-c4ccccn4)n3)cn2)CN1.I. The highest BCUT2D eigenvalue weighted by molar-refractivity contribution is 14.0. The molecule has 6 heteroatoms. The number of aromatic nitrogens is 4. The number of nitrogens with one attached hydrogen (secondary N) is 1. The molecule has 0 unspecified atom stereocenters. The molecule has 4 aromatic heterocycles. The average molecular weight is 656 g/mol. The van der Waals surface area contributed by atoms with E-state index in [1.807, 2.05) is 36.8 Å². The molecule has 1 N–H and O–H groups in total. The molecule has 0 atom stereocenters. The fourth-order valence-electron chi connectivity index (χ4n) is 5.76. The Morgan fingerprint density at radius 1 is 0.643 bits per heavy atom. The molecule has 1 aliphatic rings. The minimum absolute atomic E-state index is 0. The van der Waals surface area contributed by atoms with E-state index in [0.29, 0.717) is 0 Å². The smallest absolute Gasteiger partial charge is 0.137 e. The molecule has 0 aliphatic carbocycles. The number of para-hydroxylation sites is 1. The molecule has 0 bridgehead atoms. The Kier molecular flexibility index (Phi) is 6.76. The fourth-order valence-corrected chi connectivity index (χ4v) is 5.76. The van der Waals surface area contributed by atoms with Crippen molar-refractivity contribution in [2.24, 2.45) is 0 Å². The first-order valence-electron chi connectivity index (χ1n) is 13.7. The van der Waals surface area contributed by atoms with Crippen LogP contribution in [0, 0.1) is 0 Å². The Balaban J connectivity index is 0.00000288. The molecular weight excluding hydrogens is 629 g/mol. The Morgan fingerprint density at radius 2 is 1.45 bits per heavy atom. The van der Waals surface area contributed by atoms with Gasteiger partial charge in [0.2, 0.25) is 0 Å². The van der Waals surface area contributed by atoms with Gasteiger partial charge in [0.25, 0.3) is 0 Å². The van der Waals surface area contributed by atoms with Gasteiger partial charge < -0.3 is 5.32 Å². The van der Waals surface area contributed by atoms with Crippen molar-refractivity contribution in [1.82, 2.24) is 24.8 Å². The number of fused-ring (bicyclic) bond motifs is 4. The van der Waals surface area contributed by atoms with Gasteiger partial charge in [-0.1, -0.05) is 60.7 Å². The summed E-state index contributed by atoms with van der Waals surface area (Å²) >= 11 is 0. The maximum atomic E-state index is 5.05. The standard InChI is InChI=1S/C36H25N5.HI/c1-2-8-25-19-26(13-12-24(25)7-1)28-20-32(40-33(21-28)31-10-5-6-17-38-31)27-14-15-36(39-22-27)41-34-11-4-3-9-29(34)30-23-37-18-16-35(30)41;/h1-22,37H,23H2;1H. The van der Waals surface area contributed by atoms with Crippen molar-refractivity contribution in [2.45, 2.75) is 6.54 Å². The van der Waals surface area contributed by atoms with Crippen molar-refractivity contribution in [3.8, 4) is 39.6 Å². The molecule has 5 nitrogen and oxygen atoms in total. The van der Waals surface area contributed by atoms with Gasteiger partial charge >= 0.3 is 0 Å². The third kappa shape index (κ3) is 4.54. The van der Waals surface area contributed by atoms with Gasteiger partial charge in [0.15, 0.2) is 0 Å². The number of rotatable bonds is 4. The molecule has 0 fully saturated rings. The zero-order chi connectivity index (χ0) is 27.2. The Hall–Kier alpha value is -4.82. The van der Waals surface area contributed by atoms with Crippen molar-refractivity contribution in [3.05, 3.63) is 139 Å². The number of nitrogens with zero attached hydrogens (tertiary/aromatic N) is 4. The lowest BCUT2D eigenvalue weighted by Crippen LogP contribution is -2.11. The molecular formula is C36H26IN5. The fraction of sp³-hybridized carbons (Fsp3) is 0.0278. The van der Waals surface area contributed by atoms with Gasteiger partial charge in [0, 0.05) is 35.5 Å². The first-order chi connectivity index (χ1) is 20.3. The zero-order valence-corrected chi connectivity index (χ0v) is 24.9. The second-order valence-electron chi connectivity index (χ2n) is 10.2. The lowest BCUT2D eigenvalue weighted by Gasteiger charge is -2.13. The summed E-state index contributed by atoms with van der Waals surface area (Å²) in [5, 5.41) is 7.02. The lowest BCUT2D eigenvalue weighted by atomic mass is 9.99. The molecule has 3 aromatic carbocycles. The second kappa shape index (κ2) is 10.9. The normalized spacial score (nSPS) is 12.1. The van der Waals surface area contributed by atoms with Gasteiger partial charge in [-0.2, -0.15) is 0 Å². The van der Waals surface area contributed by atoms with E-state index in [9.17, 15) is 0 Å². The summed E-state index contributed by atoms with van der Waals surface area (Å²) in [5.41, 5.74) is 9.33. The molecule has 5 heterocycles. The molecule has 42 heavy (non-hydrogen) atoms. The minimum Gasteiger partial charge on any atom is -0.387 e. The highest BCUT2D eigenvalue weighted by Crippen LogP contribution is 2.34. The zero-order valence-electron chi connectivity index (χ0n) is 22.6. The topological polar surface area (TPSA) is 55.6 Å². The van der Waals surface area contributed by atoms with Crippen LogP contribution in [0.4, 0.5) is 0 Å². The lowest BCUT2D eigenvalue weighted by molar-refractivity contribution is 0.852. The summed E-state index contributed by atoms with van der Waals surface area (Å²) in [4.78, 5) is 14.6. The van der Waals surface area contributed by atoms with E-state index >= 15 is 0 Å². The van der Waals surface area contributed by atoms with E-state index in [2.05, 4.69) is 112 Å². The van der Waals surface area contributed by atoms with Crippen molar-refractivity contribution in [2.75, 3.05) is 0 Å². The first kappa shape index (κ1) is 26.1. The van der Waals surface area contributed by atoms with Crippen LogP contribution in [0.1, 0.15) is 11.3 Å². The van der Waals surface area contributed by atoms with Gasteiger partial charge in [-0.15, -0.1) is 24.0 Å². The largest absolute Gasteiger partial charge is 0.387 e. The second-order valence-corrected chi connectivity index (χ2v) is 10.2. The predicted molar refractivity (Wildman–Crippen MR) is 182 cm³/mol. The number of benzene rings is 3. The summed E-state index contributed by atoms with van der Waals surface area (Å²) in [5.74, 6) is 0.883. The summed E-state index contributed by atoms with van der Waals surface area (Å²) in [6.45, 7) is 0.805. The number of halogens is 1. The van der Waals surface area contributed by atoms with E-state index in [0.717, 1.165) is 51.7 Å². The Bertz CT molecular complexity index is 2100. The maximum absolute atomic E-state index is 5.05. The monoisotopic (exact) mass is 655 g/mol. The molecule has 202 valence electrons. The van der Waals surface area contributed by atoms with Gasteiger partial charge in [0.05, 0.1) is 28.3 Å². The van der Waals surface area contributed by atoms with E-state index < -0.39 is 0 Å². The van der Waals surface area contributed by atoms with Crippen molar-refractivity contribution in [3.63, 3.8) is 0 Å². The van der Waals surface area contributed by atoms with Crippen LogP contribution < -0.4 is 5.32 Å².